The summed E-state index contributed by atoms with van der Waals surface area (Å²) < 4.78 is 5.06. The molecule has 0 aliphatic rings. The van der Waals surface area contributed by atoms with Crippen LogP contribution < -0.4 is 11.1 Å². The van der Waals surface area contributed by atoms with E-state index in [0.29, 0.717) is 34.5 Å². The second-order valence-corrected chi connectivity index (χ2v) is 5.46. The summed E-state index contributed by atoms with van der Waals surface area (Å²) in [4.78, 5) is 12.0. The molecule has 0 fully saturated rings. The molecule has 0 spiro atoms. The third-order valence-electron chi connectivity index (χ3n) is 3.18. The zero-order valence-electron chi connectivity index (χ0n) is 12.5. The molecule has 0 aliphatic heterocycles. The van der Waals surface area contributed by atoms with Crippen molar-refractivity contribution in [3.8, 4) is 0 Å². The predicted octanol–water partition coefficient (Wildman–Crippen LogP) is 3.95. The van der Waals surface area contributed by atoms with Crippen molar-refractivity contribution >= 4 is 28.9 Å². The minimum atomic E-state index is -0.414. The molecule has 1 rings (SSSR count). The lowest BCUT2D eigenvalue weighted by atomic mass is 10.0. The molecular formula is C15H23ClN2O2. The van der Waals surface area contributed by atoms with E-state index in [1.165, 1.54) is 0 Å². The van der Waals surface area contributed by atoms with Crippen molar-refractivity contribution in [1.29, 1.82) is 0 Å². The average molecular weight is 299 g/mol. The van der Waals surface area contributed by atoms with Crippen LogP contribution in [0.1, 0.15) is 44.5 Å². The number of carbonyl (C=O) groups excluding carboxylic acids is 1. The molecule has 4 nitrogen and oxygen atoms in total. The number of nitrogens with two attached hydrogens (primary N) is 1. The van der Waals surface area contributed by atoms with Gasteiger partial charge in [-0.1, -0.05) is 32.4 Å². The minimum Gasteiger partial charge on any atom is -0.462 e. The fourth-order valence-corrected chi connectivity index (χ4v) is 2.35. The molecule has 0 aromatic heterocycles. The van der Waals surface area contributed by atoms with Crippen molar-refractivity contribution in [2.24, 2.45) is 5.92 Å². The molecule has 20 heavy (non-hydrogen) atoms. The third-order valence-corrected chi connectivity index (χ3v) is 3.48. The molecule has 1 aromatic rings. The van der Waals surface area contributed by atoms with Crippen LogP contribution in [-0.4, -0.2) is 18.6 Å². The zero-order chi connectivity index (χ0) is 15.3. The molecule has 0 aliphatic carbocycles. The van der Waals surface area contributed by atoms with Gasteiger partial charge in [0.25, 0.3) is 0 Å². The maximum atomic E-state index is 12.0. The first-order valence-corrected chi connectivity index (χ1v) is 7.31. The molecule has 1 unspecified atom stereocenters. The highest BCUT2D eigenvalue weighted by Crippen LogP contribution is 2.31. The number of hydrogen-bond donors (Lipinski definition) is 2. The highest BCUT2D eigenvalue weighted by Gasteiger charge is 2.20. The normalized spacial score (nSPS) is 12.3. The van der Waals surface area contributed by atoms with E-state index in [0.717, 1.165) is 6.42 Å². The van der Waals surface area contributed by atoms with E-state index >= 15 is 0 Å². The topological polar surface area (TPSA) is 64.3 Å². The smallest absolute Gasteiger partial charge is 0.340 e. The summed E-state index contributed by atoms with van der Waals surface area (Å²) in [6, 6.07) is 3.46. The van der Waals surface area contributed by atoms with Crippen LogP contribution in [-0.2, 0) is 4.74 Å². The van der Waals surface area contributed by atoms with Gasteiger partial charge < -0.3 is 15.8 Å². The van der Waals surface area contributed by atoms with Crippen molar-refractivity contribution in [2.75, 3.05) is 17.7 Å². The molecule has 0 heterocycles. The number of hydrogen-bond acceptors (Lipinski definition) is 4. The van der Waals surface area contributed by atoms with Crippen LogP contribution in [0.5, 0.6) is 0 Å². The molecule has 0 amide bonds. The van der Waals surface area contributed by atoms with Crippen LogP contribution in [0.25, 0.3) is 0 Å². The summed E-state index contributed by atoms with van der Waals surface area (Å²) in [7, 11) is 0. The number of rotatable bonds is 6. The lowest BCUT2D eigenvalue weighted by Gasteiger charge is -2.24. The lowest BCUT2D eigenvalue weighted by Crippen LogP contribution is -2.26. The standard InChI is InChI=1S/C15H23ClN2O2/c1-5-13(9(3)4)18-14-11(15(19)20-6-2)7-10(17)8-12(14)16/h7-9,13,18H,5-6,17H2,1-4H3. The highest BCUT2D eigenvalue weighted by molar-refractivity contribution is 6.34. The Balaban J connectivity index is 3.19. The number of esters is 1. The van der Waals surface area contributed by atoms with E-state index in [9.17, 15) is 4.79 Å². The van der Waals surface area contributed by atoms with Crippen molar-refractivity contribution in [1.82, 2.24) is 0 Å². The fourth-order valence-electron chi connectivity index (χ4n) is 2.07. The quantitative estimate of drug-likeness (QED) is 0.616. The second-order valence-electron chi connectivity index (χ2n) is 5.05. The molecule has 0 saturated carbocycles. The predicted molar refractivity (Wildman–Crippen MR) is 84.4 cm³/mol. The van der Waals surface area contributed by atoms with Crippen LogP contribution in [0.3, 0.4) is 0 Å². The Morgan fingerprint density at radius 2 is 2.05 bits per heavy atom. The first kappa shape index (κ1) is 16.6. The van der Waals surface area contributed by atoms with E-state index in [4.69, 9.17) is 22.1 Å². The van der Waals surface area contributed by atoms with Crippen molar-refractivity contribution < 1.29 is 9.53 Å². The lowest BCUT2D eigenvalue weighted by molar-refractivity contribution is 0.0527. The Kier molecular flexibility index (Phi) is 6.14. The summed E-state index contributed by atoms with van der Waals surface area (Å²) in [6.07, 6.45) is 0.931. The van der Waals surface area contributed by atoms with Gasteiger partial charge in [0.15, 0.2) is 0 Å². The number of ether oxygens (including phenoxy) is 1. The highest BCUT2D eigenvalue weighted by atomic mass is 35.5. The molecule has 0 saturated heterocycles. The second kappa shape index (κ2) is 7.39. The molecular weight excluding hydrogens is 276 g/mol. The summed E-state index contributed by atoms with van der Waals surface area (Å²) >= 11 is 6.23. The molecule has 0 bridgehead atoms. The third kappa shape index (κ3) is 4.04. The SMILES string of the molecule is CCOC(=O)c1cc(N)cc(Cl)c1NC(CC)C(C)C. The van der Waals surface area contributed by atoms with Crippen LogP contribution in [0.2, 0.25) is 5.02 Å². The monoisotopic (exact) mass is 298 g/mol. The molecule has 0 radical (unpaired) electrons. The molecule has 1 atom stereocenters. The number of benzene rings is 1. The van der Waals surface area contributed by atoms with Crippen LogP contribution >= 0.6 is 11.6 Å². The minimum absolute atomic E-state index is 0.226. The Labute approximate surface area is 125 Å². The van der Waals surface area contributed by atoms with Gasteiger partial charge >= 0.3 is 5.97 Å². The van der Waals surface area contributed by atoms with Crippen LogP contribution in [0.15, 0.2) is 12.1 Å². The summed E-state index contributed by atoms with van der Waals surface area (Å²) in [6.45, 7) is 8.41. The number of nitrogen functional groups attached to an aromatic ring is 1. The summed E-state index contributed by atoms with van der Waals surface area (Å²) in [5.74, 6) is 0.00599. The van der Waals surface area contributed by atoms with Gasteiger partial charge in [0.2, 0.25) is 0 Å². The van der Waals surface area contributed by atoms with Gasteiger partial charge in [-0.2, -0.15) is 0 Å². The number of anilines is 2. The Hall–Kier alpha value is -1.42. The molecule has 112 valence electrons. The van der Waals surface area contributed by atoms with Gasteiger partial charge in [0.1, 0.15) is 0 Å². The van der Waals surface area contributed by atoms with Crippen LogP contribution in [0.4, 0.5) is 11.4 Å². The Morgan fingerprint density at radius 3 is 2.55 bits per heavy atom. The van der Waals surface area contributed by atoms with E-state index in [1.54, 1.807) is 19.1 Å². The molecule has 5 heteroatoms. The van der Waals surface area contributed by atoms with Crippen molar-refractivity contribution in [2.45, 2.75) is 40.2 Å². The summed E-state index contributed by atoms with van der Waals surface area (Å²) in [5.41, 5.74) is 7.19. The van der Waals surface area contributed by atoms with Gasteiger partial charge in [0, 0.05) is 11.7 Å². The Bertz CT molecular complexity index is 475. The maximum absolute atomic E-state index is 12.0. The largest absolute Gasteiger partial charge is 0.462 e. The van der Waals surface area contributed by atoms with Gasteiger partial charge in [-0.05, 0) is 31.4 Å². The van der Waals surface area contributed by atoms with Crippen molar-refractivity contribution in [3.63, 3.8) is 0 Å². The molecule has 1 aromatic carbocycles. The van der Waals surface area contributed by atoms with E-state index in [-0.39, 0.29) is 6.04 Å². The average Bonchev–Trinajstić information content (AvgIpc) is 2.36. The van der Waals surface area contributed by atoms with E-state index in [1.807, 2.05) is 0 Å². The van der Waals surface area contributed by atoms with Gasteiger partial charge in [-0.15, -0.1) is 0 Å². The first-order valence-electron chi connectivity index (χ1n) is 6.93. The van der Waals surface area contributed by atoms with Crippen molar-refractivity contribution in [3.05, 3.63) is 22.7 Å². The first-order chi connectivity index (χ1) is 9.40. The van der Waals surface area contributed by atoms with Gasteiger partial charge in [-0.3, -0.25) is 0 Å². The maximum Gasteiger partial charge on any atom is 0.340 e. The summed E-state index contributed by atoms with van der Waals surface area (Å²) in [5, 5.41) is 3.78. The number of nitrogens with one attached hydrogen (secondary N) is 1. The van der Waals surface area contributed by atoms with Gasteiger partial charge in [-0.25, -0.2) is 4.79 Å². The fraction of sp³-hybridized carbons (Fsp3) is 0.533. The molecule has 3 N–H and O–H groups in total. The van der Waals surface area contributed by atoms with Crippen LogP contribution in [0, 0.1) is 5.92 Å². The van der Waals surface area contributed by atoms with E-state index < -0.39 is 5.97 Å². The van der Waals surface area contributed by atoms with Gasteiger partial charge in [0.05, 0.1) is 22.9 Å². The number of carbonyl (C=O) groups is 1. The Morgan fingerprint density at radius 1 is 1.40 bits per heavy atom. The number of halogens is 1. The zero-order valence-corrected chi connectivity index (χ0v) is 13.3. The van der Waals surface area contributed by atoms with E-state index in [2.05, 4.69) is 26.1 Å².